The third-order valence-electron chi connectivity index (χ3n) is 4.00. The van der Waals surface area contributed by atoms with Crippen LogP contribution in [0.15, 0.2) is 73.1 Å². The highest BCUT2D eigenvalue weighted by Gasteiger charge is 2.14. The first kappa shape index (κ1) is 18.7. The summed E-state index contributed by atoms with van der Waals surface area (Å²) in [6.07, 6.45) is 3.30. The van der Waals surface area contributed by atoms with E-state index in [2.05, 4.69) is 20.5 Å². The zero-order valence-electron chi connectivity index (χ0n) is 15.1. The van der Waals surface area contributed by atoms with E-state index in [4.69, 9.17) is 4.74 Å². The molecular formula is C21H15FN4O2S. The number of anilines is 1. The lowest BCUT2D eigenvalue weighted by molar-refractivity contribution is 0.102. The summed E-state index contributed by atoms with van der Waals surface area (Å²) in [6.45, 7) is 0.242. The number of hydrogen-bond donors (Lipinski definition) is 1. The summed E-state index contributed by atoms with van der Waals surface area (Å²) >= 11 is 1.22. The van der Waals surface area contributed by atoms with Gasteiger partial charge in [-0.25, -0.2) is 4.39 Å². The number of aromatic nitrogens is 3. The number of rotatable bonds is 6. The van der Waals surface area contributed by atoms with Gasteiger partial charge in [0.1, 0.15) is 11.6 Å². The number of carbonyl (C=O) groups excluding carboxylic acids is 1. The summed E-state index contributed by atoms with van der Waals surface area (Å²) in [5, 5.41) is 11.6. The van der Waals surface area contributed by atoms with Gasteiger partial charge < -0.3 is 4.74 Å². The summed E-state index contributed by atoms with van der Waals surface area (Å²) in [5.74, 6) is -0.999. The third-order valence-corrected chi connectivity index (χ3v) is 4.89. The minimum Gasteiger partial charge on any atom is -0.486 e. The molecule has 0 atom stereocenters. The van der Waals surface area contributed by atoms with Gasteiger partial charge in [-0.1, -0.05) is 41.7 Å². The lowest BCUT2D eigenvalue weighted by Crippen LogP contribution is -2.12. The molecule has 4 rings (SSSR count). The molecule has 0 saturated heterocycles. The molecule has 1 N–H and O–H groups in total. The second kappa shape index (κ2) is 8.57. The Morgan fingerprint density at radius 3 is 2.59 bits per heavy atom. The first-order valence-electron chi connectivity index (χ1n) is 8.70. The van der Waals surface area contributed by atoms with Crippen LogP contribution in [0.3, 0.4) is 0 Å². The maximum Gasteiger partial charge on any atom is 0.257 e. The van der Waals surface area contributed by atoms with Crippen molar-refractivity contribution < 1.29 is 13.9 Å². The van der Waals surface area contributed by atoms with E-state index in [0.29, 0.717) is 10.1 Å². The van der Waals surface area contributed by atoms with Crippen molar-refractivity contribution in [2.24, 2.45) is 0 Å². The highest BCUT2D eigenvalue weighted by molar-refractivity contribution is 7.18. The van der Waals surface area contributed by atoms with Crippen LogP contribution < -0.4 is 10.1 Å². The zero-order chi connectivity index (χ0) is 20.1. The first-order chi connectivity index (χ1) is 14.2. The van der Waals surface area contributed by atoms with Crippen LogP contribution in [-0.2, 0) is 6.61 Å². The SMILES string of the molecule is O=C(Nc1nnc(-c2ccncc2)s1)c1ccc(OCc2ccccc2)c(F)c1. The fourth-order valence-corrected chi connectivity index (χ4v) is 3.29. The van der Waals surface area contributed by atoms with Gasteiger partial charge in [-0.2, -0.15) is 0 Å². The topological polar surface area (TPSA) is 77.0 Å². The Morgan fingerprint density at radius 1 is 1.03 bits per heavy atom. The highest BCUT2D eigenvalue weighted by atomic mass is 32.1. The van der Waals surface area contributed by atoms with Gasteiger partial charge in [0.25, 0.3) is 5.91 Å². The van der Waals surface area contributed by atoms with Crippen LogP contribution in [0.5, 0.6) is 5.75 Å². The molecule has 1 amide bonds. The van der Waals surface area contributed by atoms with E-state index >= 15 is 0 Å². The maximum atomic E-state index is 14.3. The van der Waals surface area contributed by atoms with Gasteiger partial charge in [0, 0.05) is 23.5 Å². The molecule has 2 aromatic heterocycles. The van der Waals surface area contributed by atoms with Gasteiger partial charge in [0.15, 0.2) is 11.6 Å². The number of nitrogens with one attached hydrogen (secondary N) is 1. The van der Waals surface area contributed by atoms with Crippen LogP contribution in [0.1, 0.15) is 15.9 Å². The molecule has 0 bridgehead atoms. The number of pyridine rings is 1. The van der Waals surface area contributed by atoms with E-state index in [1.165, 1.54) is 23.5 Å². The fraction of sp³-hybridized carbons (Fsp3) is 0.0476. The lowest BCUT2D eigenvalue weighted by atomic mass is 10.2. The molecule has 8 heteroatoms. The predicted octanol–water partition coefficient (Wildman–Crippen LogP) is 4.57. The van der Waals surface area contributed by atoms with Crippen molar-refractivity contribution in [3.63, 3.8) is 0 Å². The van der Waals surface area contributed by atoms with E-state index < -0.39 is 11.7 Å². The quantitative estimate of drug-likeness (QED) is 0.508. The van der Waals surface area contributed by atoms with Crippen LogP contribution in [0.2, 0.25) is 0 Å². The van der Waals surface area contributed by atoms with Crippen molar-refractivity contribution in [1.29, 1.82) is 0 Å². The minimum atomic E-state index is -0.608. The number of carbonyl (C=O) groups is 1. The molecule has 144 valence electrons. The van der Waals surface area contributed by atoms with Crippen LogP contribution in [0.25, 0.3) is 10.6 Å². The van der Waals surface area contributed by atoms with Crippen molar-refractivity contribution in [2.75, 3.05) is 5.32 Å². The average Bonchev–Trinajstić information content (AvgIpc) is 3.22. The van der Waals surface area contributed by atoms with Crippen molar-refractivity contribution in [2.45, 2.75) is 6.61 Å². The first-order valence-corrected chi connectivity index (χ1v) is 9.52. The van der Waals surface area contributed by atoms with Crippen molar-refractivity contribution >= 4 is 22.4 Å². The fourth-order valence-electron chi connectivity index (χ4n) is 2.55. The molecule has 0 aliphatic rings. The molecular weight excluding hydrogens is 391 g/mol. The van der Waals surface area contributed by atoms with Crippen LogP contribution >= 0.6 is 11.3 Å². The summed E-state index contributed by atoms with van der Waals surface area (Å²) in [6, 6.07) is 17.1. The Morgan fingerprint density at radius 2 is 1.83 bits per heavy atom. The van der Waals surface area contributed by atoms with Gasteiger partial charge in [0.2, 0.25) is 5.13 Å². The summed E-state index contributed by atoms with van der Waals surface area (Å²) in [7, 11) is 0. The van der Waals surface area contributed by atoms with Gasteiger partial charge >= 0.3 is 0 Å². The van der Waals surface area contributed by atoms with E-state index in [1.54, 1.807) is 24.5 Å². The molecule has 0 spiro atoms. The van der Waals surface area contributed by atoms with Crippen molar-refractivity contribution in [1.82, 2.24) is 15.2 Å². The largest absolute Gasteiger partial charge is 0.486 e. The maximum absolute atomic E-state index is 14.3. The van der Waals surface area contributed by atoms with E-state index in [-0.39, 0.29) is 17.9 Å². The molecule has 29 heavy (non-hydrogen) atoms. The monoisotopic (exact) mass is 406 g/mol. The van der Waals surface area contributed by atoms with Crippen LogP contribution in [0, 0.1) is 5.82 Å². The average molecular weight is 406 g/mol. The number of benzene rings is 2. The minimum absolute atomic E-state index is 0.0845. The zero-order valence-corrected chi connectivity index (χ0v) is 15.9. The van der Waals surface area contributed by atoms with E-state index in [1.807, 2.05) is 30.3 Å². The number of ether oxygens (including phenoxy) is 1. The van der Waals surface area contributed by atoms with Crippen molar-refractivity contribution in [3.8, 4) is 16.3 Å². The standard InChI is InChI=1S/C21H15FN4O2S/c22-17-12-16(6-7-18(17)28-13-14-4-2-1-3-5-14)19(27)24-21-26-25-20(29-21)15-8-10-23-11-9-15/h1-12H,13H2,(H,24,26,27). The molecule has 0 saturated carbocycles. The third kappa shape index (κ3) is 4.61. The Kier molecular flexibility index (Phi) is 5.53. The lowest BCUT2D eigenvalue weighted by Gasteiger charge is -2.08. The summed E-state index contributed by atoms with van der Waals surface area (Å²) in [5.41, 5.74) is 1.94. The van der Waals surface area contributed by atoms with Gasteiger partial charge in [0.05, 0.1) is 0 Å². The predicted molar refractivity (Wildman–Crippen MR) is 108 cm³/mol. The normalized spacial score (nSPS) is 10.5. The molecule has 0 aliphatic carbocycles. The molecule has 4 aromatic rings. The van der Waals surface area contributed by atoms with Crippen LogP contribution in [0.4, 0.5) is 9.52 Å². The number of amides is 1. The molecule has 0 aliphatic heterocycles. The molecule has 0 unspecified atom stereocenters. The number of halogens is 1. The van der Waals surface area contributed by atoms with Gasteiger partial charge in [-0.3, -0.25) is 15.1 Å². The van der Waals surface area contributed by atoms with Gasteiger partial charge in [-0.15, -0.1) is 10.2 Å². The summed E-state index contributed by atoms with van der Waals surface area (Å²) < 4.78 is 19.8. The van der Waals surface area contributed by atoms with E-state index in [9.17, 15) is 9.18 Å². The Hall–Kier alpha value is -3.65. The van der Waals surface area contributed by atoms with Crippen molar-refractivity contribution in [3.05, 3.63) is 90.0 Å². The molecule has 2 heterocycles. The molecule has 0 fully saturated rings. The smallest absolute Gasteiger partial charge is 0.257 e. The Bertz CT molecular complexity index is 1120. The number of hydrogen-bond acceptors (Lipinski definition) is 6. The second-order valence-electron chi connectivity index (χ2n) is 6.02. The van der Waals surface area contributed by atoms with E-state index in [0.717, 1.165) is 17.2 Å². The van der Waals surface area contributed by atoms with Gasteiger partial charge in [-0.05, 0) is 35.9 Å². The molecule has 0 radical (unpaired) electrons. The Labute approximate surface area is 170 Å². The van der Waals surface area contributed by atoms with Crippen LogP contribution in [-0.4, -0.2) is 21.1 Å². The summed E-state index contributed by atoms with van der Waals surface area (Å²) in [4.78, 5) is 16.4. The highest BCUT2D eigenvalue weighted by Crippen LogP contribution is 2.26. The Balaban J connectivity index is 1.41. The molecule has 2 aromatic carbocycles. The second-order valence-corrected chi connectivity index (χ2v) is 7.00. The molecule has 6 nitrogen and oxygen atoms in total. The number of nitrogens with zero attached hydrogens (tertiary/aromatic N) is 3.